The van der Waals surface area contributed by atoms with Crippen LogP contribution in [0.2, 0.25) is 0 Å². The van der Waals surface area contributed by atoms with Gasteiger partial charge < -0.3 is 14.2 Å². The highest BCUT2D eigenvalue weighted by molar-refractivity contribution is 4.68. The maximum atomic E-state index is 8.18. The van der Waals surface area contributed by atoms with Crippen molar-refractivity contribution < 1.29 is 14.2 Å². The molecule has 0 heterocycles. The molecule has 0 aliphatic carbocycles. The molecule has 0 unspecified atom stereocenters. The highest BCUT2D eigenvalue weighted by Gasteiger charge is 1.99. The minimum Gasteiger partial charge on any atom is -0.384 e. The van der Waals surface area contributed by atoms with Gasteiger partial charge in [0.05, 0.1) is 57.3 Å². The maximum Gasteiger partial charge on any atom is 0.154 e. The van der Waals surface area contributed by atoms with E-state index in [9.17, 15) is 0 Å². The third-order valence-electron chi connectivity index (χ3n) is 1.55. The van der Waals surface area contributed by atoms with Crippen molar-refractivity contribution in [1.82, 2.24) is 0 Å². The van der Waals surface area contributed by atoms with Gasteiger partial charge in [-0.1, -0.05) is 0 Å². The normalized spacial score (nSPS) is 8.67. The van der Waals surface area contributed by atoms with Crippen molar-refractivity contribution in [1.29, 1.82) is 15.8 Å². The fraction of sp³-hybridized carbons (Fsp3) is 0.750. The van der Waals surface area contributed by atoms with Crippen LogP contribution in [0.3, 0.4) is 0 Å². The molecule has 100 valence electrons. The zero-order valence-corrected chi connectivity index (χ0v) is 10.9. The third kappa shape index (κ3) is 19.9. The van der Waals surface area contributed by atoms with Crippen molar-refractivity contribution >= 4 is 0 Å². The van der Waals surface area contributed by atoms with Crippen LogP contribution in [0.25, 0.3) is 0 Å². The van der Waals surface area contributed by atoms with Gasteiger partial charge in [-0.3, -0.25) is 0 Å². The van der Waals surface area contributed by atoms with E-state index in [2.05, 4.69) is 4.74 Å². The molecule has 0 aliphatic rings. The van der Waals surface area contributed by atoms with Crippen LogP contribution in [0.1, 0.15) is 26.2 Å². The average molecular weight is 253 g/mol. The molecule has 6 heteroatoms. The first-order valence-electron chi connectivity index (χ1n) is 5.55. The van der Waals surface area contributed by atoms with Gasteiger partial charge in [-0.25, -0.2) is 0 Å². The Bertz CT molecular complexity index is 268. The lowest BCUT2D eigenvalue weighted by atomic mass is 10.5. The summed E-state index contributed by atoms with van der Waals surface area (Å²) in [5, 5.41) is 24.2. The topological polar surface area (TPSA) is 99.1 Å². The summed E-state index contributed by atoms with van der Waals surface area (Å²) in [6.45, 7) is 3.06. The summed E-state index contributed by atoms with van der Waals surface area (Å²) in [5.74, 6) is 0. The number of methoxy groups -OCH3 is 1. The molecule has 0 saturated heterocycles. The first-order chi connectivity index (χ1) is 8.72. The number of hydrogen-bond acceptors (Lipinski definition) is 6. The van der Waals surface area contributed by atoms with Gasteiger partial charge in [-0.2, -0.15) is 15.8 Å². The summed E-state index contributed by atoms with van der Waals surface area (Å²) in [5.41, 5.74) is 0. The fourth-order valence-corrected chi connectivity index (χ4v) is 0.737. The standard InChI is InChI=1S/C8H12N2O2.C4H7NO/c1-8(11-6-2-4-9)12-7-3-5-10;1-6-4-2-3-5/h8H,2-3,6-7H2,1H3;2,4H2,1H3. The highest BCUT2D eigenvalue weighted by Crippen LogP contribution is 1.95. The second kappa shape index (κ2) is 17.7. The van der Waals surface area contributed by atoms with Crippen molar-refractivity contribution in [2.24, 2.45) is 0 Å². The molecule has 0 radical (unpaired) electrons. The summed E-state index contributed by atoms with van der Waals surface area (Å²) in [4.78, 5) is 0. The SMILES string of the molecule is CC(OCCC#N)OCCC#N.COCCC#N. The minimum atomic E-state index is -0.327. The Labute approximate surface area is 108 Å². The average Bonchev–Trinajstić information content (AvgIpc) is 2.38. The van der Waals surface area contributed by atoms with Crippen molar-refractivity contribution in [3.8, 4) is 18.2 Å². The Morgan fingerprint density at radius 1 is 0.833 bits per heavy atom. The van der Waals surface area contributed by atoms with E-state index >= 15 is 0 Å². The van der Waals surface area contributed by atoms with Crippen LogP contribution in [-0.4, -0.2) is 33.2 Å². The number of rotatable bonds is 8. The van der Waals surface area contributed by atoms with Gasteiger partial charge >= 0.3 is 0 Å². The van der Waals surface area contributed by atoms with Crippen LogP contribution >= 0.6 is 0 Å². The van der Waals surface area contributed by atoms with Gasteiger partial charge in [0.1, 0.15) is 0 Å². The highest BCUT2D eigenvalue weighted by atomic mass is 16.7. The van der Waals surface area contributed by atoms with Crippen molar-refractivity contribution in [3.05, 3.63) is 0 Å². The summed E-state index contributed by atoms with van der Waals surface area (Å²) in [7, 11) is 1.58. The van der Waals surface area contributed by atoms with Crippen LogP contribution in [0.5, 0.6) is 0 Å². The van der Waals surface area contributed by atoms with Gasteiger partial charge in [-0.05, 0) is 6.92 Å². The van der Waals surface area contributed by atoms with Gasteiger partial charge in [0.2, 0.25) is 0 Å². The Kier molecular flexibility index (Phi) is 18.4. The summed E-state index contributed by atoms with van der Waals surface area (Å²) >= 11 is 0. The zero-order valence-electron chi connectivity index (χ0n) is 10.9. The molecule has 0 aromatic rings. The van der Waals surface area contributed by atoms with E-state index in [-0.39, 0.29) is 6.29 Å². The largest absolute Gasteiger partial charge is 0.384 e. The molecule has 0 aromatic carbocycles. The number of nitrogens with zero attached hydrogens (tertiary/aromatic N) is 3. The van der Waals surface area contributed by atoms with Crippen molar-refractivity contribution in [3.63, 3.8) is 0 Å². The molecule has 0 saturated carbocycles. The number of ether oxygens (including phenoxy) is 3. The molecule has 0 aliphatic heterocycles. The Morgan fingerprint density at radius 3 is 1.50 bits per heavy atom. The molecule has 0 bridgehead atoms. The first-order valence-corrected chi connectivity index (χ1v) is 5.55. The lowest BCUT2D eigenvalue weighted by Crippen LogP contribution is -2.14. The summed E-state index contributed by atoms with van der Waals surface area (Å²) in [6, 6.07) is 5.86. The van der Waals surface area contributed by atoms with Crippen LogP contribution < -0.4 is 0 Å². The van der Waals surface area contributed by atoms with E-state index in [1.165, 1.54) is 0 Å². The number of nitriles is 3. The molecule has 18 heavy (non-hydrogen) atoms. The monoisotopic (exact) mass is 253 g/mol. The van der Waals surface area contributed by atoms with E-state index in [0.717, 1.165) is 0 Å². The van der Waals surface area contributed by atoms with E-state index in [4.69, 9.17) is 25.3 Å². The zero-order chi connectivity index (χ0) is 14.1. The van der Waals surface area contributed by atoms with Crippen molar-refractivity contribution in [2.75, 3.05) is 26.9 Å². The Balaban J connectivity index is 0. The van der Waals surface area contributed by atoms with E-state index in [1.807, 2.05) is 18.2 Å². The second-order valence-corrected chi connectivity index (χ2v) is 3.03. The van der Waals surface area contributed by atoms with E-state index in [0.29, 0.717) is 39.1 Å². The van der Waals surface area contributed by atoms with Gasteiger partial charge in [0.15, 0.2) is 6.29 Å². The molecule has 0 amide bonds. The first kappa shape index (κ1) is 18.7. The molecule has 0 N–H and O–H groups in total. The van der Waals surface area contributed by atoms with Crippen molar-refractivity contribution in [2.45, 2.75) is 32.5 Å². The van der Waals surface area contributed by atoms with Crippen LogP contribution in [0.4, 0.5) is 0 Å². The molecule has 6 nitrogen and oxygen atoms in total. The predicted molar refractivity (Wildman–Crippen MR) is 63.9 cm³/mol. The Hall–Kier alpha value is -1.65. The molecular formula is C12H19N3O3. The quantitative estimate of drug-likeness (QED) is 0.482. The lowest BCUT2D eigenvalue weighted by molar-refractivity contribution is -0.127. The van der Waals surface area contributed by atoms with Crippen LogP contribution in [0, 0.1) is 34.0 Å². The fourth-order valence-electron chi connectivity index (χ4n) is 0.737. The maximum absolute atomic E-state index is 8.18. The van der Waals surface area contributed by atoms with Gasteiger partial charge in [-0.15, -0.1) is 0 Å². The smallest absolute Gasteiger partial charge is 0.154 e. The van der Waals surface area contributed by atoms with Crippen LogP contribution in [0.15, 0.2) is 0 Å². The van der Waals surface area contributed by atoms with E-state index < -0.39 is 0 Å². The molecule has 0 atom stereocenters. The third-order valence-corrected chi connectivity index (χ3v) is 1.55. The predicted octanol–water partition coefficient (Wildman–Crippen LogP) is 1.74. The molecule has 0 aromatic heterocycles. The molecule has 0 fully saturated rings. The minimum absolute atomic E-state index is 0.327. The molecule has 0 rings (SSSR count). The second-order valence-electron chi connectivity index (χ2n) is 3.03. The summed E-state index contributed by atoms with van der Waals surface area (Å²) < 4.78 is 14.7. The lowest BCUT2D eigenvalue weighted by Gasteiger charge is -2.11. The molecule has 0 spiro atoms. The van der Waals surface area contributed by atoms with Gasteiger partial charge in [0.25, 0.3) is 0 Å². The van der Waals surface area contributed by atoms with Crippen LogP contribution in [-0.2, 0) is 14.2 Å². The Morgan fingerprint density at radius 2 is 1.22 bits per heavy atom. The molecular weight excluding hydrogens is 234 g/mol. The van der Waals surface area contributed by atoms with Gasteiger partial charge in [0, 0.05) is 7.11 Å². The van der Waals surface area contributed by atoms with E-state index in [1.54, 1.807) is 14.0 Å². The number of hydrogen-bond donors (Lipinski definition) is 0. The summed E-state index contributed by atoms with van der Waals surface area (Å²) in [6.07, 6.45) is 0.903.